The van der Waals surface area contributed by atoms with Crippen LogP contribution in [0.5, 0.6) is 0 Å². The highest BCUT2D eigenvalue weighted by atomic mass is 35.5. The molecule has 0 bridgehead atoms. The topological polar surface area (TPSA) is 78.6 Å². The minimum atomic E-state index is -0.719. The molecule has 30 heavy (non-hydrogen) atoms. The second-order valence-electron chi connectivity index (χ2n) is 7.97. The van der Waals surface area contributed by atoms with E-state index in [0.717, 1.165) is 34.3 Å². The summed E-state index contributed by atoms with van der Waals surface area (Å²) in [6, 6.07) is 7.73. The van der Waals surface area contributed by atoms with Crippen LogP contribution in [-0.4, -0.2) is 45.2 Å². The summed E-state index contributed by atoms with van der Waals surface area (Å²) in [5.41, 5.74) is 3.73. The molecule has 1 fully saturated rings. The number of benzene rings is 1. The Kier molecular flexibility index (Phi) is 5.24. The first-order chi connectivity index (χ1) is 14.5. The molecular weight excluding hydrogens is 406 g/mol. The summed E-state index contributed by atoms with van der Waals surface area (Å²) < 4.78 is 20.0. The number of hydrogen-bond acceptors (Lipinski definition) is 6. The maximum atomic E-state index is 11.1. The van der Waals surface area contributed by atoms with E-state index in [1.165, 1.54) is 0 Å². The number of rotatable bonds is 2. The third kappa shape index (κ3) is 3.31. The van der Waals surface area contributed by atoms with Gasteiger partial charge in [-0.25, -0.2) is 9.97 Å². The van der Waals surface area contributed by atoms with Gasteiger partial charge in [0, 0.05) is 22.5 Å². The summed E-state index contributed by atoms with van der Waals surface area (Å²) in [7, 11) is 0. The number of halogens is 1. The Bertz CT molecular complexity index is 1070. The Labute approximate surface area is 179 Å². The van der Waals surface area contributed by atoms with E-state index in [2.05, 4.69) is 9.97 Å². The number of aliphatic hydroxyl groups excluding tert-OH is 1. The smallest absolute Gasteiger partial charge is 0.147 e. The van der Waals surface area contributed by atoms with Crippen molar-refractivity contribution in [3.05, 3.63) is 58.6 Å². The summed E-state index contributed by atoms with van der Waals surface area (Å²) in [5, 5.41) is 12.8. The minimum absolute atomic E-state index is 0.150. The largest absolute Gasteiger partial charge is 0.390 e. The molecule has 1 saturated heterocycles. The molecule has 0 radical (unpaired) electrons. The van der Waals surface area contributed by atoms with Crippen LogP contribution in [0.15, 0.2) is 36.8 Å². The SMILES string of the molecule is Cc1ncnc2c1ccn2[C@@H]1O[C@H]([C@@H]2OCOCCc3cc(Cl)ccc32)[C@@H](O)[C@H]1C. The number of aromatic nitrogens is 3. The van der Waals surface area contributed by atoms with Crippen LogP contribution in [0.25, 0.3) is 11.0 Å². The second kappa shape index (κ2) is 7.90. The number of fused-ring (bicyclic) bond motifs is 2. The van der Waals surface area contributed by atoms with Gasteiger partial charge in [0.1, 0.15) is 37.2 Å². The van der Waals surface area contributed by atoms with E-state index < -0.39 is 18.3 Å². The molecule has 2 aliphatic heterocycles. The molecule has 8 heteroatoms. The molecule has 0 unspecified atom stereocenters. The first-order valence-corrected chi connectivity index (χ1v) is 10.5. The van der Waals surface area contributed by atoms with Crippen molar-refractivity contribution in [2.75, 3.05) is 13.4 Å². The lowest BCUT2D eigenvalue weighted by molar-refractivity contribution is -0.159. The van der Waals surface area contributed by atoms with E-state index in [1.807, 2.05) is 48.9 Å². The third-order valence-electron chi connectivity index (χ3n) is 6.16. The third-order valence-corrected chi connectivity index (χ3v) is 6.40. The Morgan fingerprint density at radius 1 is 1.23 bits per heavy atom. The highest BCUT2D eigenvalue weighted by Gasteiger charge is 2.47. The van der Waals surface area contributed by atoms with Gasteiger partial charge in [-0.1, -0.05) is 24.6 Å². The van der Waals surface area contributed by atoms with E-state index in [-0.39, 0.29) is 18.9 Å². The van der Waals surface area contributed by atoms with Crippen LogP contribution in [0, 0.1) is 12.8 Å². The standard InChI is InChI=1S/C22H24ClN3O4/c1-12-18(27)20(19-17-4-3-15(23)9-14(17)6-8-28-11-29-19)30-22(12)26-7-5-16-13(2)24-10-25-21(16)26/h3-5,7,9-10,12,18-20,22,27H,6,8,11H2,1-2H3/t12-,18+,19-,20+,22-/m1/s1. The lowest BCUT2D eigenvalue weighted by Gasteiger charge is -2.30. The van der Waals surface area contributed by atoms with Crippen molar-refractivity contribution in [3.8, 4) is 0 Å². The molecule has 7 nitrogen and oxygen atoms in total. The van der Waals surface area contributed by atoms with Crippen molar-refractivity contribution in [1.29, 1.82) is 0 Å². The molecule has 0 aliphatic carbocycles. The quantitative estimate of drug-likeness (QED) is 0.670. The Balaban J connectivity index is 1.51. The lowest BCUT2D eigenvalue weighted by atomic mass is 9.91. The highest BCUT2D eigenvalue weighted by molar-refractivity contribution is 6.30. The zero-order valence-corrected chi connectivity index (χ0v) is 17.6. The van der Waals surface area contributed by atoms with Gasteiger partial charge in [0.05, 0.1) is 18.4 Å². The average molecular weight is 430 g/mol. The van der Waals surface area contributed by atoms with E-state index in [1.54, 1.807) is 6.33 Å². The molecule has 5 rings (SSSR count). The van der Waals surface area contributed by atoms with Crippen molar-refractivity contribution < 1.29 is 19.3 Å². The maximum absolute atomic E-state index is 11.1. The highest BCUT2D eigenvalue weighted by Crippen LogP contribution is 2.43. The van der Waals surface area contributed by atoms with Gasteiger partial charge < -0.3 is 23.9 Å². The molecule has 3 aromatic rings. The summed E-state index contributed by atoms with van der Waals surface area (Å²) in [5.74, 6) is -0.161. The number of aliphatic hydroxyl groups is 1. The molecule has 1 aromatic carbocycles. The molecular formula is C22H24ClN3O4. The number of ether oxygens (including phenoxy) is 3. The summed E-state index contributed by atoms with van der Waals surface area (Å²) in [4.78, 5) is 8.70. The predicted octanol–water partition coefficient (Wildman–Crippen LogP) is 3.58. The second-order valence-corrected chi connectivity index (χ2v) is 8.40. The average Bonchev–Trinajstić information content (AvgIpc) is 3.26. The summed E-state index contributed by atoms with van der Waals surface area (Å²) in [6.07, 6.45) is 2.13. The number of aryl methyl sites for hydroxylation is 1. The van der Waals surface area contributed by atoms with Gasteiger partial charge in [0.25, 0.3) is 0 Å². The van der Waals surface area contributed by atoms with E-state index in [0.29, 0.717) is 11.6 Å². The fraction of sp³-hybridized carbons (Fsp3) is 0.455. The molecule has 0 spiro atoms. The lowest BCUT2D eigenvalue weighted by Crippen LogP contribution is -2.34. The molecule has 4 heterocycles. The molecule has 0 saturated carbocycles. The van der Waals surface area contributed by atoms with Crippen LogP contribution in [0.1, 0.15) is 36.1 Å². The van der Waals surface area contributed by atoms with Crippen LogP contribution < -0.4 is 0 Å². The van der Waals surface area contributed by atoms with Crippen molar-refractivity contribution in [2.45, 2.75) is 44.8 Å². The predicted molar refractivity (Wildman–Crippen MR) is 111 cm³/mol. The fourth-order valence-electron chi connectivity index (χ4n) is 4.50. The summed E-state index contributed by atoms with van der Waals surface area (Å²) >= 11 is 6.21. The van der Waals surface area contributed by atoms with E-state index >= 15 is 0 Å². The fourth-order valence-corrected chi connectivity index (χ4v) is 4.69. The number of hydrogen-bond donors (Lipinski definition) is 1. The van der Waals surface area contributed by atoms with Crippen LogP contribution in [0.4, 0.5) is 0 Å². The normalized spacial score (nSPS) is 29.5. The van der Waals surface area contributed by atoms with Crippen LogP contribution >= 0.6 is 11.6 Å². The van der Waals surface area contributed by atoms with Gasteiger partial charge >= 0.3 is 0 Å². The Hall–Kier alpha value is -2.03. The Morgan fingerprint density at radius 3 is 2.97 bits per heavy atom. The molecule has 158 valence electrons. The maximum Gasteiger partial charge on any atom is 0.147 e. The van der Waals surface area contributed by atoms with Gasteiger partial charge in [-0.15, -0.1) is 0 Å². The van der Waals surface area contributed by atoms with Gasteiger partial charge in [-0.2, -0.15) is 0 Å². The van der Waals surface area contributed by atoms with Crippen molar-refractivity contribution >= 4 is 22.6 Å². The van der Waals surface area contributed by atoms with Crippen molar-refractivity contribution in [2.24, 2.45) is 5.92 Å². The monoisotopic (exact) mass is 429 g/mol. The van der Waals surface area contributed by atoms with Gasteiger partial charge in [0.15, 0.2) is 0 Å². The summed E-state index contributed by atoms with van der Waals surface area (Å²) in [6.45, 7) is 4.64. The van der Waals surface area contributed by atoms with Gasteiger partial charge in [-0.3, -0.25) is 0 Å². The molecule has 0 amide bonds. The van der Waals surface area contributed by atoms with Gasteiger partial charge in [0.2, 0.25) is 0 Å². The van der Waals surface area contributed by atoms with Crippen LogP contribution in [-0.2, 0) is 20.6 Å². The first kappa shape index (κ1) is 19.9. The van der Waals surface area contributed by atoms with Crippen molar-refractivity contribution in [1.82, 2.24) is 14.5 Å². The molecule has 2 aromatic heterocycles. The zero-order chi connectivity index (χ0) is 20.8. The van der Waals surface area contributed by atoms with E-state index in [4.69, 9.17) is 25.8 Å². The first-order valence-electron chi connectivity index (χ1n) is 10.1. The molecule has 1 N–H and O–H groups in total. The minimum Gasteiger partial charge on any atom is -0.390 e. The van der Waals surface area contributed by atoms with Gasteiger partial charge in [-0.05, 0) is 42.7 Å². The Morgan fingerprint density at radius 2 is 2.10 bits per heavy atom. The van der Waals surface area contributed by atoms with Crippen LogP contribution in [0.3, 0.4) is 0 Å². The van der Waals surface area contributed by atoms with Crippen LogP contribution in [0.2, 0.25) is 5.02 Å². The zero-order valence-electron chi connectivity index (χ0n) is 16.9. The molecule has 5 atom stereocenters. The van der Waals surface area contributed by atoms with Crippen molar-refractivity contribution in [3.63, 3.8) is 0 Å². The molecule has 2 aliphatic rings. The number of nitrogens with zero attached hydrogens (tertiary/aromatic N) is 3. The van der Waals surface area contributed by atoms with E-state index in [9.17, 15) is 5.11 Å².